The highest BCUT2D eigenvalue weighted by atomic mass is 16.6. The lowest BCUT2D eigenvalue weighted by molar-refractivity contribution is -0.149. The van der Waals surface area contributed by atoms with Crippen LogP contribution in [0.25, 0.3) is 0 Å². The lowest BCUT2D eigenvalue weighted by Gasteiger charge is -2.43. The largest absolute Gasteiger partial charge is 0.477 e. The van der Waals surface area contributed by atoms with Crippen molar-refractivity contribution in [2.75, 3.05) is 32.8 Å². The standard InChI is InChI=1S/C23H31N5O4/c1-17-19(26-32-25-17)14-21(29)28-11-5-9-23(2,16-28)22(30)27-12-7-18(8-13-27)15-31-20-6-3-4-10-24-20/h3-4,6,10,18H,5,7-9,11-16H2,1-2H3/t23-/m0/s1. The lowest BCUT2D eigenvalue weighted by atomic mass is 9.79. The van der Waals surface area contributed by atoms with Gasteiger partial charge in [0.25, 0.3) is 0 Å². The summed E-state index contributed by atoms with van der Waals surface area (Å²) in [6.45, 7) is 6.94. The predicted molar refractivity (Wildman–Crippen MR) is 116 cm³/mol. The predicted octanol–water partition coefficient (Wildman–Crippen LogP) is 2.26. The maximum Gasteiger partial charge on any atom is 0.230 e. The first kappa shape index (κ1) is 22.2. The summed E-state index contributed by atoms with van der Waals surface area (Å²) in [5, 5.41) is 7.55. The van der Waals surface area contributed by atoms with Crippen LogP contribution in [-0.2, 0) is 16.0 Å². The van der Waals surface area contributed by atoms with Crippen LogP contribution in [0.1, 0.15) is 44.0 Å². The SMILES string of the molecule is Cc1nonc1CC(=O)N1CCC[C@](C)(C(=O)N2CCC(COc3ccccn3)CC2)C1. The molecule has 4 rings (SSSR count). The van der Waals surface area contributed by atoms with Gasteiger partial charge in [-0.05, 0) is 51.5 Å². The zero-order valence-corrected chi connectivity index (χ0v) is 18.8. The van der Waals surface area contributed by atoms with Crippen molar-refractivity contribution in [3.8, 4) is 5.88 Å². The quantitative estimate of drug-likeness (QED) is 0.678. The molecule has 0 aromatic carbocycles. The van der Waals surface area contributed by atoms with E-state index in [0.29, 0.717) is 42.9 Å². The summed E-state index contributed by atoms with van der Waals surface area (Å²) < 4.78 is 10.5. The van der Waals surface area contributed by atoms with E-state index in [0.717, 1.165) is 38.8 Å². The van der Waals surface area contributed by atoms with Gasteiger partial charge in [0, 0.05) is 38.4 Å². The second kappa shape index (κ2) is 9.67. The molecule has 2 saturated heterocycles. The van der Waals surface area contributed by atoms with Gasteiger partial charge in [0.2, 0.25) is 17.7 Å². The van der Waals surface area contributed by atoms with Gasteiger partial charge in [-0.15, -0.1) is 0 Å². The van der Waals surface area contributed by atoms with Crippen LogP contribution in [0.15, 0.2) is 29.0 Å². The van der Waals surface area contributed by atoms with Gasteiger partial charge >= 0.3 is 0 Å². The van der Waals surface area contributed by atoms with E-state index in [2.05, 4.69) is 15.3 Å². The summed E-state index contributed by atoms with van der Waals surface area (Å²) in [7, 11) is 0. The Balaban J connectivity index is 1.28. The van der Waals surface area contributed by atoms with Crippen molar-refractivity contribution >= 4 is 11.8 Å². The summed E-state index contributed by atoms with van der Waals surface area (Å²) in [5.74, 6) is 1.17. The van der Waals surface area contributed by atoms with Crippen LogP contribution < -0.4 is 4.74 Å². The molecule has 0 radical (unpaired) electrons. The smallest absolute Gasteiger partial charge is 0.230 e. The van der Waals surface area contributed by atoms with Crippen molar-refractivity contribution in [1.82, 2.24) is 25.1 Å². The van der Waals surface area contributed by atoms with Crippen molar-refractivity contribution in [2.24, 2.45) is 11.3 Å². The van der Waals surface area contributed by atoms with E-state index in [1.54, 1.807) is 18.0 Å². The Hall–Kier alpha value is -2.97. The molecule has 4 heterocycles. The summed E-state index contributed by atoms with van der Waals surface area (Å²) in [5.41, 5.74) is 0.634. The minimum absolute atomic E-state index is 0.0343. The number of ether oxygens (including phenoxy) is 1. The fourth-order valence-electron chi connectivity index (χ4n) is 4.61. The molecule has 0 unspecified atom stereocenters. The minimum Gasteiger partial charge on any atom is -0.477 e. The van der Waals surface area contributed by atoms with E-state index in [1.807, 2.05) is 30.0 Å². The third-order valence-electron chi connectivity index (χ3n) is 6.64. The van der Waals surface area contributed by atoms with E-state index in [9.17, 15) is 9.59 Å². The Morgan fingerprint density at radius 1 is 1.19 bits per heavy atom. The molecular weight excluding hydrogens is 410 g/mol. The van der Waals surface area contributed by atoms with Gasteiger partial charge in [-0.25, -0.2) is 9.61 Å². The number of carbonyl (C=O) groups is 2. The summed E-state index contributed by atoms with van der Waals surface area (Å²) in [6.07, 6.45) is 5.31. The highest BCUT2D eigenvalue weighted by molar-refractivity contribution is 5.85. The van der Waals surface area contributed by atoms with Crippen molar-refractivity contribution in [3.05, 3.63) is 35.8 Å². The Labute approximate surface area is 188 Å². The zero-order chi connectivity index (χ0) is 22.6. The Morgan fingerprint density at radius 2 is 2.00 bits per heavy atom. The number of rotatable bonds is 6. The summed E-state index contributed by atoms with van der Waals surface area (Å²) in [6, 6.07) is 5.63. The number of piperidine rings is 2. The van der Waals surface area contributed by atoms with Crippen LogP contribution in [0.3, 0.4) is 0 Å². The van der Waals surface area contributed by atoms with Crippen LogP contribution in [0, 0.1) is 18.3 Å². The number of pyridine rings is 1. The Bertz CT molecular complexity index is 925. The third-order valence-corrected chi connectivity index (χ3v) is 6.64. The molecule has 0 N–H and O–H groups in total. The summed E-state index contributed by atoms with van der Waals surface area (Å²) in [4.78, 5) is 34.2. The van der Waals surface area contributed by atoms with E-state index in [4.69, 9.17) is 9.37 Å². The van der Waals surface area contributed by atoms with Crippen molar-refractivity contribution in [1.29, 1.82) is 0 Å². The number of aromatic nitrogens is 3. The Kier molecular flexibility index (Phi) is 6.72. The topological polar surface area (TPSA) is 102 Å². The first-order chi connectivity index (χ1) is 15.4. The first-order valence-corrected chi connectivity index (χ1v) is 11.3. The van der Waals surface area contributed by atoms with Gasteiger partial charge in [0.15, 0.2) is 0 Å². The lowest BCUT2D eigenvalue weighted by Crippen LogP contribution is -2.54. The minimum atomic E-state index is -0.553. The number of hydrogen-bond donors (Lipinski definition) is 0. The second-order valence-electron chi connectivity index (χ2n) is 9.17. The van der Waals surface area contributed by atoms with Gasteiger partial charge in [-0.2, -0.15) is 0 Å². The fourth-order valence-corrected chi connectivity index (χ4v) is 4.61. The fraction of sp³-hybridized carbons (Fsp3) is 0.609. The molecule has 2 aromatic rings. The molecule has 0 aliphatic carbocycles. The molecule has 0 bridgehead atoms. The van der Waals surface area contributed by atoms with Gasteiger partial charge < -0.3 is 14.5 Å². The molecule has 2 aliphatic heterocycles. The first-order valence-electron chi connectivity index (χ1n) is 11.3. The average Bonchev–Trinajstić information content (AvgIpc) is 3.22. The van der Waals surface area contributed by atoms with Crippen molar-refractivity contribution in [3.63, 3.8) is 0 Å². The molecule has 1 atom stereocenters. The highest BCUT2D eigenvalue weighted by Gasteiger charge is 2.42. The van der Waals surface area contributed by atoms with Crippen LogP contribution in [-0.4, -0.2) is 69.7 Å². The molecule has 32 heavy (non-hydrogen) atoms. The molecule has 0 spiro atoms. The van der Waals surface area contributed by atoms with Gasteiger partial charge in [-0.3, -0.25) is 9.59 Å². The maximum atomic E-state index is 13.4. The van der Waals surface area contributed by atoms with Crippen LogP contribution in [0.4, 0.5) is 0 Å². The Morgan fingerprint density at radius 3 is 2.69 bits per heavy atom. The number of aryl methyl sites for hydroxylation is 1. The van der Waals surface area contributed by atoms with Gasteiger partial charge in [0.05, 0.1) is 18.4 Å². The molecule has 172 valence electrons. The zero-order valence-electron chi connectivity index (χ0n) is 18.8. The molecule has 2 aromatic heterocycles. The van der Waals surface area contributed by atoms with E-state index < -0.39 is 5.41 Å². The molecule has 0 saturated carbocycles. The number of nitrogens with zero attached hydrogens (tertiary/aromatic N) is 5. The van der Waals surface area contributed by atoms with E-state index in [1.165, 1.54) is 0 Å². The number of amides is 2. The highest BCUT2D eigenvalue weighted by Crippen LogP contribution is 2.33. The number of carbonyl (C=O) groups excluding carboxylic acids is 2. The van der Waals surface area contributed by atoms with Crippen molar-refractivity contribution in [2.45, 2.75) is 46.0 Å². The number of likely N-dealkylation sites (tertiary alicyclic amines) is 2. The monoisotopic (exact) mass is 441 g/mol. The number of hydrogen-bond acceptors (Lipinski definition) is 7. The molecule has 9 nitrogen and oxygen atoms in total. The van der Waals surface area contributed by atoms with Crippen LogP contribution >= 0.6 is 0 Å². The summed E-state index contributed by atoms with van der Waals surface area (Å²) >= 11 is 0. The van der Waals surface area contributed by atoms with Crippen molar-refractivity contribution < 1.29 is 19.0 Å². The normalized spacial score (nSPS) is 22.1. The van der Waals surface area contributed by atoms with Gasteiger partial charge in [-0.1, -0.05) is 16.4 Å². The van der Waals surface area contributed by atoms with Crippen LogP contribution in [0.2, 0.25) is 0 Å². The molecule has 2 aliphatic rings. The average molecular weight is 442 g/mol. The maximum absolute atomic E-state index is 13.4. The third kappa shape index (κ3) is 5.08. The molecule has 2 fully saturated rings. The second-order valence-corrected chi connectivity index (χ2v) is 9.17. The van der Waals surface area contributed by atoms with Crippen LogP contribution in [0.5, 0.6) is 5.88 Å². The molecule has 2 amide bonds. The van der Waals surface area contributed by atoms with Gasteiger partial charge in [0.1, 0.15) is 11.4 Å². The van der Waals surface area contributed by atoms with E-state index in [-0.39, 0.29) is 18.2 Å². The molecular formula is C23H31N5O4. The van der Waals surface area contributed by atoms with E-state index >= 15 is 0 Å². The molecule has 9 heteroatoms.